The Morgan fingerprint density at radius 3 is 1.54 bits per heavy atom. The summed E-state index contributed by atoms with van der Waals surface area (Å²) < 4.78 is 10.4. The Balaban J connectivity index is 0. The second kappa shape index (κ2) is 14.4. The maximum absolute atomic E-state index is 7.88. The molecule has 3 nitrogen and oxygen atoms in total. The predicted molar refractivity (Wildman–Crippen MR) is 54.7 cm³/mol. The molecule has 0 aromatic carbocycles. The highest BCUT2D eigenvalue weighted by atomic mass is 16.7. The number of hydrogen-bond donors (Lipinski definition) is 1. The predicted octanol–water partition coefficient (Wildman–Crippen LogP) is 2.18. The molecule has 0 atom stereocenters. The molecular formula is C10H24O3. The van der Waals surface area contributed by atoms with Gasteiger partial charge in [0.25, 0.3) is 0 Å². The van der Waals surface area contributed by atoms with Gasteiger partial charge in [0.15, 0.2) is 6.29 Å². The van der Waals surface area contributed by atoms with Gasteiger partial charge >= 0.3 is 0 Å². The lowest BCUT2D eigenvalue weighted by Gasteiger charge is -2.13. The van der Waals surface area contributed by atoms with Gasteiger partial charge in [0.05, 0.1) is 0 Å². The van der Waals surface area contributed by atoms with E-state index in [1.54, 1.807) is 0 Å². The van der Waals surface area contributed by atoms with E-state index in [0.29, 0.717) is 6.61 Å². The third kappa shape index (κ3) is 14.7. The molecule has 0 rings (SSSR count). The molecular weight excluding hydrogens is 168 g/mol. The number of aliphatic hydroxyl groups is 1. The van der Waals surface area contributed by atoms with Crippen molar-refractivity contribution in [2.75, 3.05) is 19.8 Å². The average Bonchev–Trinajstić information content (AvgIpc) is 2.18. The summed E-state index contributed by atoms with van der Waals surface area (Å²) in [5.41, 5.74) is 0. The van der Waals surface area contributed by atoms with Crippen LogP contribution in [0.3, 0.4) is 0 Å². The van der Waals surface area contributed by atoms with Crippen LogP contribution < -0.4 is 0 Å². The molecule has 0 spiro atoms. The fourth-order valence-electron chi connectivity index (χ4n) is 0.656. The molecule has 0 unspecified atom stereocenters. The van der Waals surface area contributed by atoms with Gasteiger partial charge in [-0.1, -0.05) is 13.8 Å². The van der Waals surface area contributed by atoms with Crippen molar-refractivity contribution in [3.8, 4) is 0 Å². The second-order valence-corrected chi connectivity index (χ2v) is 2.47. The van der Waals surface area contributed by atoms with E-state index in [2.05, 4.69) is 6.92 Å². The van der Waals surface area contributed by atoms with Crippen LogP contribution in [-0.2, 0) is 9.47 Å². The first kappa shape index (κ1) is 15.4. The molecule has 0 amide bonds. The van der Waals surface area contributed by atoms with Crippen LogP contribution in [0.5, 0.6) is 0 Å². The zero-order chi connectivity index (χ0) is 10.5. The lowest BCUT2D eigenvalue weighted by molar-refractivity contribution is -0.136. The van der Waals surface area contributed by atoms with Crippen LogP contribution in [0.25, 0.3) is 0 Å². The Kier molecular flexibility index (Phi) is 17.0. The Morgan fingerprint density at radius 2 is 1.38 bits per heavy atom. The van der Waals surface area contributed by atoms with Crippen LogP contribution >= 0.6 is 0 Å². The average molecular weight is 192 g/mol. The maximum atomic E-state index is 7.88. The van der Waals surface area contributed by atoms with Crippen molar-refractivity contribution in [1.82, 2.24) is 0 Å². The molecule has 1 N–H and O–H groups in total. The van der Waals surface area contributed by atoms with Crippen molar-refractivity contribution in [2.24, 2.45) is 0 Å². The van der Waals surface area contributed by atoms with Gasteiger partial charge < -0.3 is 14.6 Å². The quantitative estimate of drug-likeness (QED) is 0.656. The van der Waals surface area contributed by atoms with Crippen LogP contribution in [0.4, 0.5) is 0 Å². The lowest BCUT2D eigenvalue weighted by Crippen LogP contribution is -2.15. The third-order valence-electron chi connectivity index (χ3n) is 1.26. The Bertz CT molecular complexity index is 68.6. The highest BCUT2D eigenvalue weighted by Crippen LogP contribution is 1.98. The number of ether oxygens (including phenoxy) is 2. The van der Waals surface area contributed by atoms with E-state index in [1.807, 2.05) is 20.8 Å². The minimum atomic E-state index is 0.0139. The summed E-state index contributed by atoms with van der Waals surface area (Å²) in [6.45, 7) is 9.72. The van der Waals surface area contributed by atoms with Gasteiger partial charge in [-0.05, 0) is 26.7 Å². The molecule has 0 aromatic rings. The Labute approximate surface area is 82.1 Å². The number of hydrogen-bond acceptors (Lipinski definition) is 3. The van der Waals surface area contributed by atoms with Gasteiger partial charge in [0.2, 0.25) is 0 Å². The molecule has 82 valence electrons. The molecule has 0 heterocycles. The van der Waals surface area contributed by atoms with E-state index in [0.717, 1.165) is 26.1 Å². The molecule has 0 aliphatic heterocycles. The first-order valence-corrected chi connectivity index (χ1v) is 5.10. The molecule has 0 aliphatic carbocycles. The molecule has 0 aromatic heterocycles. The molecule has 0 aliphatic rings. The standard InChI is InChI=1S/C7H16O2.C3H8O/c1-4-7(8-5-2)9-6-3;1-2-3-4/h7H,4-6H2,1-3H3;4H,2-3H2,1H3. The molecule has 3 heteroatoms. The fourth-order valence-corrected chi connectivity index (χ4v) is 0.656. The first-order valence-electron chi connectivity index (χ1n) is 5.10. The van der Waals surface area contributed by atoms with E-state index in [-0.39, 0.29) is 6.29 Å². The summed E-state index contributed by atoms with van der Waals surface area (Å²) in [7, 11) is 0. The minimum Gasteiger partial charge on any atom is -0.396 e. The maximum Gasteiger partial charge on any atom is 0.157 e. The zero-order valence-corrected chi connectivity index (χ0v) is 9.38. The molecule has 0 fully saturated rings. The Morgan fingerprint density at radius 1 is 1.00 bits per heavy atom. The number of aliphatic hydroxyl groups excluding tert-OH is 1. The van der Waals surface area contributed by atoms with Crippen LogP contribution in [0.1, 0.15) is 40.5 Å². The topological polar surface area (TPSA) is 38.7 Å². The highest BCUT2D eigenvalue weighted by molar-refractivity contribution is 4.36. The third-order valence-corrected chi connectivity index (χ3v) is 1.26. The largest absolute Gasteiger partial charge is 0.396 e. The first-order chi connectivity index (χ1) is 6.26. The van der Waals surface area contributed by atoms with E-state index < -0.39 is 0 Å². The normalized spacial score (nSPS) is 9.69. The van der Waals surface area contributed by atoms with Crippen molar-refractivity contribution >= 4 is 0 Å². The lowest BCUT2D eigenvalue weighted by atomic mass is 10.5. The summed E-state index contributed by atoms with van der Waals surface area (Å²) in [6, 6.07) is 0. The summed E-state index contributed by atoms with van der Waals surface area (Å²) >= 11 is 0. The summed E-state index contributed by atoms with van der Waals surface area (Å²) in [5.74, 6) is 0. The molecule has 0 radical (unpaired) electrons. The van der Waals surface area contributed by atoms with Crippen molar-refractivity contribution in [3.63, 3.8) is 0 Å². The molecule has 0 saturated carbocycles. The van der Waals surface area contributed by atoms with Crippen LogP contribution in [-0.4, -0.2) is 31.2 Å². The van der Waals surface area contributed by atoms with Gasteiger partial charge in [0.1, 0.15) is 0 Å². The smallest absolute Gasteiger partial charge is 0.157 e. The molecule has 0 saturated heterocycles. The molecule has 13 heavy (non-hydrogen) atoms. The zero-order valence-electron chi connectivity index (χ0n) is 9.38. The van der Waals surface area contributed by atoms with Crippen molar-refractivity contribution < 1.29 is 14.6 Å². The van der Waals surface area contributed by atoms with Gasteiger partial charge in [0, 0.05) is 19.8 Å². The van der Waals surface area contributed by atoms with E-state index >= 15 is 0 Å². The van der Waals surface area contributed by atoms with Gasteiger partial charge in [-0.3, -0.25) is 0 Å². The second-order valence-electron chi connectivity index (χ2n) is 2.47. The van der Waals surface area contributed by atoms with Crippen molar-refractivity contribution in [3.05, 3.63) is 0 Å². The van der Waals surface area contributed by atoms with Crippen LogP contribution in [0.15, 0.2) is 0 Å². The monoisotopic (exact) mass is 192 g/mol. The SMILES string of the molecule is CCCO.CCOC(CC)OCC. The Hall–Kier alpha value is -0.120. The minimum absolute atomic E-state index is 0.0139. The fraction of sp³-hybridized carbons (Fsp3) is 1.00. The summed E-state index contributed by atoms with van der Waals surface area (Å²) in [4.78, 5) is 0. The van der Waals surface area contributed by atoms with E-state index in [1.165, 1.54) is 0 Å². The van der Waals surface area contributed by atoms with E-state index in [9.17, 15) is 0 Å². The van der Waals surface area contributed by atoms with E-state index in [4.69, 9.17) is 14.6 Å². The van der Waals surface area contributed by atoms with Crippen LogP contribution in [0.2, 0.25) is 0 Å². The summed E-state index contributed by atoms with van der Waals surface area (Å²) in [6.07, 6.45) is 1.82. The van der Waals surface area contributed by atoms with Gasteiger partial charge in [-0.25, -0.2) is 0 Å². The van der Waals surface area contributed by atoms with Gasteiger partial charge in [-0.15, -0.1) is 0 Å². The van der Waals surface area contributed by atoms with Crippen molar-refractivity contribution in [2.45, 2.75) is 46.8 Å². The van der Waals surface area contributed by atoms with Crippen LogP contribution in [0, 0.1) is 0 Å². The summed E-state index contributed by atoms with van der Waals surface area (Å²) in [5, 5.41) is 7.88. The molecule has 0 bridgehead atoms. The van der Waals surface area contributed by atoms with Crippen molar-refractivity contribution in [1.29, 1.82) is 0 Å². The number of rotatable bonds is 6. The van der Waals surface area contributed by atoms with Gasteiger partial charge in [-0.2, -0.15) is 0 Å². The highest BCUT2D eigenvalue weighted by Gasteiger charge is 2.01.